The number of carbonyl (C=O) groups excluding carboxylic acids is 1. The lowest BCUT2D eigenvalue weighted by atomic mass is 9.98. The van der Waals surface area contributed by atoms with Crippen LogP contribution in [0.4, 0.5) is 0 Å². The van der Waals surface area contributed by atoms with E-state index >= 15 is 0 Å². The lowest BCUT2D eigenvalue weighted by molar-refractivity contribution is -0.132. The Balaban J connectivity index is 1.34. The van der Waals surface area contributed by atoms with Gasteiger partial charge in [-0.05, 0) is 23.8 Å². The second-order valence-corrected chi connectivity index (χ2v) is 7.13. The van der Waals surface area contributed by atoms with E-state index in [9.17, 15) is 4.79 Å². The third kappa shape index (κ3) is 3.93. The Morgan fingerprint density at radius 3 is 2.56 bits per heavy atom. The average molecular weight is 366 g/mol. The molecule has 0 radical (unpaired) electrons. The largest absolute Gasteiger partial charge is 0.497 e. The molecule has 5 heteroatoms. The monoisotopic (exact) mass is 366 g/mol. The standard InChI is InChI=1S/C22H26N2O3/c1-26-18-8-6-17(7-9-18)16-22(25)24-13-11-23(12-14-24)20-10-15-27-21-5-3-2-4-19(20)21/h2-9,20H,10-16H2,1H3. The van der Waals surface area contributed by atoms with Crippen LogP contribution in [0.15, 0.2) is 48.5 Å². The summed E-state index contributed by atoms with van der Waals surface area (Å²) in [6, 6.07) is 16.5. The van der Waals surface area contributed by atoms with Gasteiger partial charge in [0, 0.05) is 44.2 Å². The van der Waals surface area contributed by atoms with Gasteiger partial charge >= 0.3 is 0 Å². The molecule has 0 saturated carbocycles. The van der Waals surface area contributed by atoms with Crippen LogP contribution in [0.2, 0.25) is 0 Å². The summed E-state index contributed by atoms with van der Waals surface area (Å²) in [5, 5.41) is 0. The van der Waals surface area contributed by atoms with Gasteiger partial charge in [-0.2, -0.15) is 0 Å². The molecule has 1 atom stereocenters. The van der Waals surface area contributed by atoms with Crippen molar-refractivity contribution in [2.45, 2.75) is 18.9 Å². The van der Waals surface area contributed by atoms with E-state index in [1.165, 1.54) is 5.56 Å². The highest BCUT2D eigenvalue weighted by Crippen LogP contribution is 2.36. The topological polar surface area (TPSA) is 42.0 Å². The number of hydrogen-bond acceptors (Lipinski definition) is 4. The minimum atomic E-state index is 0.201. The smallest absolute Gasteiger partial charge is 0.227 e. The molecule has 1 saturated heterocycles. The molecule has 0 N–H and O–H groups in total. The molecule has 0 spiro atoms. The van der Waals surface area contributed by atoms with Crippen molar-refractivity contribution in [3.63, 3.8) is 0 Å². The molecule has 27 heavy (non-hydrogen) atoms. The molecular weight excluding hydrogens is 340 g/mol. The summed E-state index contributed by atoms with van der Waals surface area (Å²) in [5.74, 6) is 2.02. The van der Waals surface area contributed by atoms with Gasteiger partial charge in [-0.1, -0.05) is 30.3 Å². The van der Waals surface area contributed by atoms with Crippen LogP contribution in [0.1, 0.15) is 23.6 Å². The van der Waals surface area contributed by atoms with Gasteiger partial charge in [-0.15, -0.1) is 0 Å². The van der Waals surface area contributed by atoms with Crippen LogP contribution in [-0.4, -0.2) is 55.6 Å². The molecule has 1 unspecified atom stereocenters. The molecule has 5 nitrogen and oxygen atoms in total. The average Bonchev–Trinajstić information content (AvgIpc) is 2.74. The van der Waals surface area contributed by atoms with E-state index in [2.05, 4.69) is 23.1 Å². The second kappa shape index (κ2) is 8.01. The zero-order valence-corrected chi connectivity index (χ0v) is 15.8. The van der Waals surface area contributed by atoms with Crippen molar-refractivity contribution >= 4 is 5.91 Å². The maximum atomic E-state index is 12.7. The first-order valence-corrected chi connectivity index (χ1v) is 9.61. The van der Waals surface area contributed by atoms with E-state index in [0.29, 0.717) is 12.5 Å². The summed E-state index contributed by atoms with van der Waals surface area (Å²) in [4.78, 5) is 17.2. The van der Waals surface area contributed by atoms with Gasteiger partial charge in [0.15, 0.2) is 0 Å². The van der Waals surface area contributed by atoms with E-state index in [1.807, 2.05) is 35.2 Å². The fourth-order valence-corrected chi connectivity index (χ4v) is 4.02. The van der Waals surface area contributed by atoms with E-state index in [4.69, 9.17) is 9.47 Å². The molecule has 0 aliphatic carbocycles. The summed E-state index contributed by atoms with van der Waals surface area (Å²) in [6.45, 7) is 4.15. The zero-order valence-electron chi connectivity index (χ0n) is 15.8. The summed E-state index contributed by atoms with van der Waals surface area (Å²) in [5.41, 5.74) is 2.31. The molecule has 0 aromatic heterocycles. The van der Waals surface area contributed by atoms with E-state index in [-0.39, 0.29) is 5.91 Å². The van der Waals surface area contributed by atoms with Crippen molar-refractivity contribution in [1.29, 1.82) is 0 Å². The highest BCUT2D eigenvalue weighted by molar-refractivity contribution is 5.79. The van der Waals surface area contributed by atoms with E-state index in [1.54, 1.807) is 7.11 Å². The Bertz CT molecular complexity index is 782. The third-order valence-corrected chi connectivity index (χ3v) is 5.55. The lowest BCUT2D eigenvalue weighted by Crippen LogP contribution is -2.50. The number of benzene rings is 2. The van der Waals surface area contributed by atoms with Crippen LogP contribution in [0.5, 0.6) is 11.5 Å². The van der Waals surface area contributed by atoms with Gasteiger partial charge in [0.2, 0.25) is 5.91 Å². The van der Waals surface area contributed by atoms with Crippen LogP contribution >= 0.6 is 0 Å². The van der Waals surface area contributed by atoms with Crippen molar-refractivity contribution in [1.82, 2.24) is 9.80 Å². The zero-order chi connectivity index (χ0) is 18.6. The Kier molecular flexibility index (Phi) is 5.30. The Morgan fingerprint density at radius 2 is 1.81 bits per heavy atom. The summed E-state index contributed by atoms with van der Waals surface area (Å²) < 4.78 is 11.0. The number of para-hydroxylation sites is 1. The lowest BCUT2D eigenvalue weighted by Gasteiger charge is -2.41. The normalized spacial score (nSPS) is 19.9. The van der Waals surface area contributed by atoms with Crippen LogP contribution in [-0.2, 0) is 11.2 Å². The van der Waals surface area contributed by atoms with Crippen molar-refractivity contribution < 1.29 is 14.3 Å². The number of hydrogen-bond donors (Lipinski definition) is 0. The quantitative estimate of drug-likeness (QED) is 0.834. The summed E-state index contributed by atoms with van der Waals surface area (Å²) in [6.07, 6.45) is 1.46. The Morgan fingerprint density at radius 1 is 1.07 bits per heavy atom. The third-order valence-electron chi connectivity index (χ3n) is 5.55. The van der Waals surface area contributed by atoms with Gasteiger partial charge in [0.25, 0.3) is 0 Å². The SMILES string of the molecule is COc1ccc(CC(=O)N2CCN(C3CCOc4ccccc43)CC2)cc1. The fraction of sp³-hybridized carbons (Fsp3) is 0.409. The molecule has 2 aromatic carbocycles. The first kappa shape index (κ1) is 17.9. The van der Waals surface area contributed by atoms with Crippen LogP contribution < -0.4 is 9.47 Å². The minimum Gasteiger partial charge on any atom is -0.497 e. The maximum Gasteiger partial charge on any atom is 0.227 e. The van der Waals surface area contributed by atoms with Gasteiger partial charge in [-0.25, -0.2) is 0 Å². The van der Waals surface area contributed by atoms with Gasteiger partial charge < -0.3 is 14.4 Å². The van der Waals surface area contributed by atoms with E-state index < -0.39 is 0 Å². The van der Waals surface area contributed by atoms with Crippen molar-refractivity contribution in [2.75, 3.05) is 39.9 Å². The highest BCUT2D eigenvalue weighted by atomic mass is 16.5. The van der Waals surface area contributed by atoms with Crippen LogP contribution in [0.25, 0.3) is 0 Å². The Hall–Kier alpha value is -2.53. The Labute approximate surface area is 160 Å². The van der Waals surface area contributed by atoms with Crippen LogP contribution in [0, 0.1) is 0 Å². The molecule has 1 fully saturated rings. The predicted octanol–water partition coefficient (Wildman–Crippen LogP) is 2.91. The number of ether oxygens (including phenoxy) is 2. The molecule has 0 bridgehead atoms. The number of amides is 1. The molecule has 2 aromatic rings. The molecule has 4 rings (SSSR count). The predicted molar refractivity (Wildman–Crippen MR) is 104 cm³/mol. The van der Waals surface area contributed by atoms with Crippen molar-refractivity contribution in [3.8, 4) is 11.5 Å². The number of rotatable bonds is 4. The molecule has 2 aliphatic rings. The highest BCUT2D eigenvalue weighted by Gasteiger charge is 2.30. The van der Waals surface area contributed by atoms with E-state index in [0.717, 1.165) is 56.3 Å². The molecule has 2 aliphatic heterocycles. The fourth-order valence-electron chi connectivity index (χ4n) is 4.02. The molecular formula is C22H26N2O3. The van der Waals surface area contributed by atoms with Gasteiger partial charge in [0.05, 0.1) is 20.1 Å². The number of piperazine rings is 1. The van der Waals surface area contributed by atoms with Gasteiger partial charge in [0.1, 0.15) is 11.5 Å². The number of nitrogens with zero attached hydrogens (tertiary/aromatic N) is 2. The maximum absolute atomic E-state index is 12.7. The summed E-state index contributed by atoms with van der Waals surface area (Å²) >= 11 is 0. The second-order valence-electron chi connectivity index (χ2n) is 7.13. The molecule has 142 valence electrons. The minimum absolute atomic E-state index is 0.201. The van der Waals surface area contributed by atoms with Crippen molar-refractivity contribution in [2.24, 2.45) is 0 Å². The molecule has 1 amide bonds. The number of carbonyl (C=O) groups is 1. The summed E-state index contributed by atoms with van der Waals surface area (Å²) in [7, 11) is 1.65. The van der Waals surface area contributed by atoms with Gasteiger partial charge in [-0.3, -0.25) is 9.69 Å². The first-order chi connectivity index (χ1) is 13.2. The number of fused-ring (bicyclic) bond motifs is 1. The molecule has 2 heterocycles. The number of methoxy groups -OCH3 is 1. The van der Waals surface area contributed by atoms with Crippen LogP contribution in [0.3, 0.4) is 0 Å². The first-order valence-electron chi connectivity index (χ1n) is 9.61. The van der Waals surface area contributed by atoms with Crippen molar-refractivity contribution in [3.05, 3.63) is 59.7 Å².